The first-order valence-electron chi connectivity index (χ1n) is 4.66. The predicted octanol–water partition coefficient (Wildman–Crippen LogP) is 0.724. The summed E-state index contributed by atoms with van der Waals surface area (Å²) in [4.78, 5) is 0. The highest BCUT2D eigenvalue weighted by Crippen LogP contribution is 2.12. The maximum absolute atomic E-state index is 11.9. The van der Waals surface area contributed by atoms with E-state index in [2.05, 4.69) is 22.6 Å². The molecule has 1 aromatic rings. The van der Waals surface area contributed by atoms with Gasteiger partial charge in [-0.25, -0.2) is 0 Å². The average molecular weight is 268 g/mol. The third-order valence-electron chi connectivity index (χ3n) is 1.66. The van der Waals surface area contributed by atoms with Crippen LogP contribution in [0.2, 0.25) is 0 Å². The third kappa shape index (κ3) is 5.50. The van der Waals surface area contributed by atoms with Crippen molar-refractivity contribution >= 4 is 23.1 Å². The third-order valence-corrected chi connectivity index (χ3v) is 1.91. The zero-order chi connectivity index (χ0) is 12.9. The SMILES string of the molecule is OCCn1ccc(NC(=S)NCC(F)(F)F)n1. The maximum Gasteiger partial charge on any atom is 0.405 e. The molecule has 3 N–H and O–H groups in total. The van der Waals surface area contributed by atoms with E-state index >= 15 is 0 Å². The second kappa shape index (κ2) is 5.82. The number of hydrogen-bond acceptors (Lipinski definition) is 3. The predicted molar refractivity (Wildman–Crippen MR) is 59.6 cm³/mol. The van der Waals surface area contributed by atoms with Gasteiger partial charge in [0.05, 0.1) is 13.2 Å². The van der Waals surface area contributed by atoms with Crippen molar-refractivity contribution in [2.75, 3.05) is 18.5 Å². The topological polar surface area (TPSA) is 62.1 Å². The van der Waals surface area contributed by atoms with E-state index in [0.717, 1.165) is 0 Å². The van der Waals surface area contributed by atoms with Crippen molar-refractivity contribution in [3.63, 3.8) is 0 Å². The average Bonchev–Trinajstić information content (AvgIpc) is 2.62. The molecule has 0 bridgehead atoms. The summed E-state index contributed by atoms with van der Waals surface area (Å²) in [5.41, 5.74) is 0. The zero-order valence-corrected chi connectivity index (χ0v) is 9.48. The molecule has 9 heteroatoms. The van der Waals surface area contributed by atoms with E-state index in [4.69, 9.17) is 5.11 Å². The summed E-state index contributed by atoms with van der Waals surface area (Å²) in [7, 11) is 0. The van der Waals surface area contributed by atoms with Gasteiger partial charge in [0.1, 0.15) is 6.54 Å². The van der Waals surface area contributed by atoms with Crippen LogP contribution in [0, 0.1) is 0 Å². The molecule has 0 aromatic carbocycles. The van der Waals surface area contributed by atoms with Crippen LogP contribution >= 0.6 is 12.2 Å². The highest BCUT2D eigenvalue weighted by Gasteiger charge is 2.27. The standard InChI is InChI=1S/C8H11F3N4OS/c9-8(10,11)5-12-7(17)13-6-1-2-15(14-6)3-4-16/h1-2,16H,3-5H2,(H2,12,13,14,17). The molecular weight excluding hydrogens is 257 g/mol. The molecule has 0 aliphatic heterocycles. The van der Waals surface area contributed by atoms with Crippen molar-refractivity contribution < 1.29 is 18.3 Å². The lowest BCUT2D eigenvalue weighted by Gasteiger charge is -2.10. The van der Waals surface area contributed by atoms with Crippen LogP contribution in [0.1, 0.15) is 0 Å². The number of hydrogen-bond donors (Lipinski definition) is 3. The number of rotatable bonds is 4. The molecule has 0 spiro atoms. The summed E-state index contributed by atoms with van der Waals surface area (Å²) in [6.45, 7) is -0.960. The summed E-state index contributed by atoms with van der Waals surface area (Å²) in [5.74, 6) is 0.318. The highest BCUT2D eigenvalue weighted by atomic mass is 32.1. The van der Waals surface area contributed by atoms with E-state index in [0.29, 0.717) is 12.4 Å². The van der Waals surface area contributed by atoms with Crippen molar-refractivity contribution in [3.05, 3.63) is 12.3 Å². The minimum atomic E-state index is -4.32. The number of aromatic nitrogens is 2. The minimum Gasteiger partial charge on any atom is -0.394 e. The van der Waals surface area contributed by atoms with Crippen molar-refractivity contribution in [2.45, 2.75) is 12.7 Å². The lowest BCUT2D eigenvalue weighted by atomic mass is 10.6. The minimum absolute atomic E-state index is 0.0715. The van der Waals surface area contributed by atoms with Crippen LogP contribution in [0.15, 0.2) is 12.3 Å². The molecule has 96 valence electrons. The highest BCUT2D eigenvalue weighted by molar-refractivity contribution is 7.80. The number of anilines is 1. The van der Waals surface area contributed by atoms with Gasteiger partial charge in [-0.1, -0.05) is 0 Å². The second-order valence-corrected chi connectivity index (χ2v) is 3.52. The Labute approximate surface area is 101 Å². The Morgan fingerprint density at radius 1 is 1.53 bits per heavy atom. The molecular formula is C8H11F3N4OS. The molecule has 0 saturated heterocycles. The molecule has 0 fully saturated rings. The first-order chi connectivity index (χ1) is 7.90. The molecule has 1 aromatic heterocycles. The Bertz CT molecular complexity index is 379. The first-order valence-corrected chi connectivity index (χ1v) is 5.07. The van der Waals surface area contributed by atoms with Gasteiger partial charge in [-0.05, 0) is 12.2 Å². The summed E-state index contributed by atoms with van der Waals surface area (Å²) in [5, 5.41) is 16.9. The van der Waals surface area contributed by atoms with E-state index in [1.54, 1.807) is 6.20 Å². The van der Waals surface area contributed by atoms with Gasteiger partial charge in [0.25, 0.3) is 0 Å². The second-order valence-electron chi connectivity index (χ2n) is 3.11. The van der Waals surface area contributed by atoms with Crippen molar-refractivity contribution in [1.29, 1.82) is 0 Å². The molecule has 0 amide bonds. The number of aliphatic hydroxyl groups is 1. The molecule has 0 aliphatic rings. The first kappa shape index (κ1) is 13.7. The molecule has 0 unspecified atom stereocenters. The normalized spacial score (nSPS) is 11.3. The molecule has 0 aliphatic carbocycles. The Kier molecular flexibility index (Phi) is 4.70. The summed E-state index contributed by atoms with van der Waals surface area (Å²) in [6.07, 6.45) is -2.74. The van der Waals surface area contributed by atoms with Gasteiger partial charge in [-0.3, -0.25) is 4.68 Å². The van der Waals surface area contributed by atoms with Crippen LogP contribution in [-0.4, -0.2) is 39.3 Å². The fourth-order valence-corrected chi connectivity index (χ4v) is 1.17. The zero-order valence-electron chi connectivity index (χ0n) is 8.66. The molecule has 0 saturated carbocycles. The van der Waals surface area contributed by atoms with Crippen LogP contribution in [-0.2, 0) is 6.54 Å². The summed E-state index contributed by atoms with van der Waals surface area (Å²) < 4.78 is 37.0. The van der Waals surface area contributed by atoms with E-state index in [-0.39, 0.29) is 11.7 Å². The summed E-state index contributed by atoms with van der Waals surface area (Å²) in [6, 6.07) is 1.54. The molecule has 1 rings (SSSR count). The van der Waals surface area contributed by atoms with Crippen molar-refractivity contribution in [1.82, 2.24) is 15.1 Å². The van der Waals surface area contributed by atoms with Gasteiger partial charge in [0.15, 0.2) is 10.9 Å². The number of alkyl halides is 3. The molecule has 0 radical (unpaired) electrons. The molecule has 17 heavy (non-hydrogen) atoms. The van der Waals surface area contributed by atoms with Gasteiger partial charge in [0, 0.05) is 12.3 Å². The maximum atomic E-state index is 11.9. The lowest BCUT2D eigenvalue weighted by molar-refractivity contribution is -0.121. The van der Waals surface area contributed by atoms with Gasteiger partial charge in [-0.2, -0.15) is 18.3 Å². The lowest BCUT2D eigenvalue weighted by Crippen LogP contribution is -2.36. The van der Waals surface area contributed by atoms with Crippen LogP contribution in [0.25, 0.3) is 0 Å². The number of aliphatic hydroxyl groups excluding tert-OH is 1. The van der Waals surface area contributed by atoms with Crippen LogP contribution in [0.4, 0.5) is 19.0 Å². The fraction of sp³-hybridized carbons (Fsp3) is 0.500. The molecule has 5 nitrogen and oxygen atoms in total. The Morgan fingerprint density at radius 3 is 2.82 bits per heavy atom. The van der Waals surface area contributed by atoms with Crippen LogP contribution in [0.3, 0.4) is 0 Å². The number of nitrogens with one attached hydrogen (secondary N) is 2. The smallest absolute Gasteiger partial charge is 0.394 e. The Hall–Kier alpha value is -1.35. The van der Waals surface area contributed by atoms with Gasteiger partial charge < -0.3 is 15.7 Å². The summed E-state index contributed by atoms with van der Waals surface area (Å²) >= 11 is 4.66. The Morgan fingerprint density at radius 2 is 2.24 bits per heavy atom. The van der Waals surface area contributed by atoms with Crippen LogP contribution in [0.5, 0.6) is 0 Å². The number of nitrogens with zero attached hydrogens (tertiary/aromatic N) is 2. The van der Waals surface area contributed by atoms with E-state index in [9.17, 15) is 13.2 Å². The number of thiocarbonyl (C=S) groups is 1. The molecule has 1 heterocycles. The van der Waals surface area contributed by atoms with Gasteiger partial charge in [-0.15, -0.1) is 0 Å². The Balaban J connectivity index is 2.39. The monoisotopic (exact) mass is 268 g/mol. The quantitative estimate of drug-likeness (QED) is 0.703. The largest absolute Gasteiger partial charge is 0.405 e. The van der Waals surface area contributed by atoms with E-state index in [1.165, 1.54) is 10.7 Å². The van der Waals surface area contributed by atoms with Crippen LogP contribution < -0.4 is 10.6 Å². The van der Waals surface area contributed by atoms with E-state index in [1.807, 2.05) is 5.32 Å². The van der Waals surface area contributed by atoms with Crippen molar-refractivity contribution in [3.8, 4) is 0 Å². The van der Waals surface area contributed by atoms with Crippen molar-refractivity contribution in [2.24, 2.45) is 0 Å². The molecule has 0 atom stereocenters. The fourth-order valence-electron chi connectivity index (χ4n) is 0.996. The number of halogens is 3. The van der Waals surface area contributed by atoms with Gasteiger partial charge >= 0.3 is 6.18 Å². The van der Waals surface area contributed by atoms with Gasteiger partial charge in [0.2, 0.25) is 0 Å². The van der Waals surface area contributed by atoms with E-state index < -0.39 is 12.7 Å².